The van der Waals surface area contributed by atoms with E-state index in [0.717, 1.165) is 122 Å². The highest BCUT2D eigenvalue weighted by molar-refractivity contribution is 5.71. The van der Waals surface area contributed by atoms with Crippen molar-refractivity contribution in [2.75, 3.05) is 13.2 Å². The first kappa shape index (κ1) is 71.3. The molecule has 75 heavy (non-hydrogen) atoms. The van der Waals surface area contributed by atoms with Gasteiger partial charge < -0.3 is 14.2 Å². The molecule has 0 aliphatic carbocycles. The minimum absolute atomic E-state index is 0.0884. The lowest BCUT2D eigenvalue weighted by molar-refractivity contribution is -0.167. The molecule has 0 bridgehead atoms. The van der Waals surface area contributed by atoms with Crippen LogP contribution in [0.15, 0.2) is 97.2 Å². The van der Waals surface area contributed by atoms with Crippen LogP contribution >= 0.6 is 0 Å². The number of carbonyl (C=O) groups excluding carboxylic acids is 3. The average molecular weight is 1040 g/mol. The van der Waals surface area contributed by atoms with Crippen LogP contribution in [0, 0.1) is 0 Å². The summed E-state index contributed by atoms with van der Waals surface area (Å²) in [4.78, 5) is 38.3. The van der Waals surface area contributed by atoms with Crippen LogP contribution in [0.4, 0.5) is 0 Å². The van der Waals surface area contributed by atoms with E-state index in [0.29, 0.717) is 19.3 Å². The van der Waals surface area contributed by atoms with Crippen molar-refractivity contribution in [1.82, 2.24) is 0 Å². The maximum absolute atomic E-state index is 12.9. The summed E-state index contributed by atoms with van der Waals surface area (Å²) >= 11 is 0. The third kappa shape index (κ3) is 61.1. The largest absolute Gasteiger partial charge is 0.462 e. The van der Waals surface area contributed by atoms with E-state index in [-0.39, 0.29) is 31.1 Å². The van der Waals surface area contributed by atoms with Gasteiger partial charge >= 0.3 is 17.9 Å². The molecule has 0 N–H and O–H groups in total. The molecule has 0 aromatic carbocycles. The van der Waals surface area contributed by atoms with Crippen LogP contribution in [0.5, 0.6) is 0 Å². The number of esters is 3. The second kappa shape index (κ2) is 62.9. The van der Waals surface area contributed by atoms with Gasteiger partial charge in [-0.05, 0) is 122 Å². The second-order valence-corrected chi connectivity index (χ2v) is 20.9. The van der Waals surface area contributed by atoms with Gasteiger partial charge in [-0.15, -0.1) is 0 Å². The first-order valence-corrected chi connectivity index (χ1v) is 31.7. The molecule has 0 aliphatic heterocycles. The van der Waals surface area contributed by atoms with Crippen LogP contribution in [-0.2, 0) is 28.6 Å². The Morgan fingerprint density at radius 2 is 0.520 bits per heavy atom. The number of hydrogen-bond acceptors (Lipinski definition) is 6. The van der Waals surface area contributed by atoms with E-state index < -0.39 is 6.10 Å². The smallest absolute Gasteiger partial charge is 0.306 e. The molecule has 0 saturated heterocycles. The van der Waals surface area contributed by atoms with Crippen molar-refractivity contribution in [3.05, 3.63) is 97.2 Å². The van der Waals surface area contributed by atoms with Gasteiger partial charge in [0.15, 0.2) is 6.10 Å². The molecule has 0 aliphatic rings. The molecule has 430 valence electrons. The first-order chi connectivity index (χ1) is 37.0. The van der Waals surface area contributed by atoms with Gasteiger partial charge in [0.05, 0.1) is 0 Å². The van der Waals surface area contributed by atoms with Crippen molar-refractivity contribution in [2.45, 2.75) is 309 Å². The number of carbonyl (C=O) groups is 3. The number of ether oxygens (including phenoxy) is 3. The Morgan fingerprint density at radius 3 is 0.840 bits per heavy atom. The van der Waals surface area contributed by atoms with E-state index in [9.17, 15) is 14.4 Å². The zero-order valence-electron chi connectivity index (χ0n) is 49.3. The SMILES string of the molecule is CC/C=C\C/C=C\C/C=C\CCCCCCCC(=O)OCC(COC(=O)CCCCCCCCCCCC/C=C\C/C=C\C/C=C\CCCCCCC)OC(=O)CCCCCCCCC/C=C\C/C=C\CCCCC. The number of allylic oxidation sites excluding steroid dienone is 16. The highest BCUT2D eigenvalue weighted by Crippen LogP contribution is 2.15. The van der Waals surface area contributed by atoms with E-state index in [2.05, 4.69) is 118 Å². The molecule has 0 saturated carbocycles. The van der Waals surface area contributed by atoms with Gasteiger partial charge in [-0.3, -0.25) is 14.4 Å². The van der Waals surface area contributed by atoms with Crippen LogP contribution in [-0.4, -0.2) is 37.2 Å². The van der Waals surface area contributed by atoms with Gasteiger partial charge in [0.2, 0.25) is 0 Å². The fraction of sp³-hybridized carbons (Fsp3) is 0.725. The lowest BCUT2D eigenvalue weighted by Gasteiger charge is -2.18. The molecular weight excluding hydrogens is 925 g/mol. The quantitative estimate of drug-likeness (QED) is 0.0261. The monoisotopic (exact) mass is 1040 g/mol. The van der Waals surface area contributed by atoms with Crippen LogP contribution in [0.3, 0.4) is 0 Å². The van der Waals surface area contributed by atoms with Gasteiger partial charge in [-0.1, -0.05) is 259 Å². The second-order valence-electron chi connectivity index (χ2n) is 20.9. The summed E-state index contributed by atoms with van der Waals surface area (Å²) in [5.74, 6) is -0.909. The summed E-state index contributed by atoms with van der Waals surface area (Å²) in [6.07, 6.45) is 84.0. The fourth-order valence-corrected chi connectivity index (χ4v) is 8.79. The molecule has 1 atom stereocenters. The van der Waals surface area contributed by atoms with Gasteiger partial charge in [0, 0.05) is 19.3 Å². The number of rotatable bonds is 57. The molecule has 0 aromatic heterocycles. The molecule has 0 amide bonds. The summed E-state index contributed by atoms with van der Waals surface area (Å²) in [5.41, 5.74) is 0. The molecule has 0 aromatic rings. The zero-order valence-corrected chi connectivity index (χ0v) is 49.3. The number of hydrogen-bond donors (Lipinski definition) is 0. The van der Waals surface area contributed by atoms with Crippen LogP contribution in [0.25, 0.3) is 0 Å². The maximum Gasteiger partial charge on any atom is 0.306 e. The van der Waals surface area contributed by atoms with E-state index >= 15 is 0 Å². The summed E-state index contributed by atoms with van der Waals surface area (Å²) in [5, 5.41) is 0. The Balaban J connectivity index is 4.36. The van der Waals surface area contributed by atoms with Gasteiger partial charge in [0.25, 0.3) is 0 Å². The molecule has 6 heteroatoms. The summed E-state index contributed by atoms with van der Waals surface area (Å²) in [6, 6.07) is 0. The van der Waals surface area contributed by atoms with E-state index in [1.165, 1.54) is 141 Å². The topological polar surface area (TPSA) is 78.9 Å². The lowest BCUT2D eigenvalue weighted by Crippen LogP contribution is -2.30. The average Bonchev–Trinajstić information content (AvgIpc) is 3.41. The normalized spacial score (nSPS) is 12.7. The molecule has 0 fully saturated rings. The fourth-order valence-electron chi connectivity index (χ4n) is 8.79. The molecule has 0 spiro atoms. The van der Waals surface area contributed by atoms with Crippen LogP contribution in [0.2, 0.25) is 0 Å². The minimum atomic E-state index is -0.793. The van der Waals surface area contributed by atoms with E-state index in [4.69, 9.17) is 14.2 Å². The Morgan fingerprint density at radius 1 is 0.280 bits per heavy atom. The Kier molecular flexibility index (Phi) is 59.8. The lowest BCUT2D eigenvalue weighted by atomic mass is 10.1. The minimum Gasteiger partial charge on any atom is -0.462 e. The van der Waals surface area contributed by atoms with Crippen molar-refractivity contribution < 1.29 is 28.6 Å². The molecule has 6 nitrogen and oxygen atoms in total. The van der Waals surface area contributed by atoms with Crippen molar-refractivity contribution in [3.63, 3.8) is 0 Å². The molecule has 0 heterocycles. The third-order valence-corrected chi connectivity index (χ3v) is 13.5. The van der Waals surface area contributed by atoms with Crippen LogP contribution < -0.4 is 0 Å². The zero-order chi connectivity index (χ0) is 54.3. The van der Waals surface area contributed by atoms with Crippen LogP contribution in [0.1, 0.15) is 303 Å². The molecular formula is C69H118O6. The maximum atomic E-state index is 12.9. The first-order valence-electron chi connectivity index (χ1n) is 31.7. The summed E-state index contributed by atoms with van der Waals surface area (Å²) < 4.78 is 16.9. The van der Waals surface area contributed by atoms with Gasteiger partial charge in [-0.2, -0.15) is 0 Å². The molecule has 0 radical (unpaired) electrons. The Bertz CT molecular complexity index is 1480. The number of unbranched alkanes of at least 4 members (excludes halogenated alkanes) is 30. The van der Waals surface area contributed by atoms with E-state index in [1.807, 2.05) is 0 Å². The van der Waals surface area contributed by atoms with Gasteiger partial charge in [0.1, 0.15) is 13.2 Å². The highest BCUT2D eigenvalue weighted by Gasteiger charge is 2.19. The standard InChI is InChI=1S/C69H118O6/c1-4-7-10-13-16-19-22-25-28-30-31-32-33-34-35-36-37-39-41-44-47-50-53-56-59-62-68(71)74-65-66(64-73-67(70)61-58-55-52-49-46-43-40-27-24-21-18-15-12-9-6-3)75-69(72)63-60-57-54-51-48-45-42-38-29-26-23-20-17-14-11-8-5-2/h9,12,17-18,20-22,25-27,29-31,33-34,40,66H,4-8,10-11,13-16,19,23-24,28,32,35-39,41-65H2,1-3H3/b12-9-,20-17-,21-18-,25-22-,29-26-,31-30-,34-33-,40-27-. The van der Waals surface area contributed by atoms with Crippen molar-refractivity contribution >= 4 is 17.9 Å². The third-order valence-electron chi connectivity index (χ3n) is 13.5. The highest BCUT2D eigenvalue weighted by atomic mass is 16.6. The predicted octanol–water partition coefficient (Wildman–Crippen LogP) is 21.7. The van der Waals surface area contributed by atoms with Crippen molar-refractivity contribution in [3.8, 4) is 0 Å². The molecule has 0 rings (SSSR count). The van der Waals surface area contributed by atoms with Gasteiger partial charge in [-0.25, -0.2) is 0 Å². The Labute approximate surface area is 464 Å². The predicted molar refractivity (Wildman–Crippen MR) is 325 cm³/mol. The van der Waals surface area contributed by atoms with E-state index in [1.54, 1.807) is 0 Å². The summed E-state index contributed by atoms with van der Waals surface area (Å²) in [7, 11) is 0. The molecule has 1 unspecified atom stereocenters. The van der Waals surface area contributed by atoms with Crippen molar-refractivity contribution in [1.29, 1.82) is 0 Å². The Hall–Kier alpha value is -3.67. The summed E-state index contributed by atoms with van der Waals surface area (Å²) in [6.45, 7) is 6.49. The van der Waals surface area contributed by atoms with Crippen molar-refractivity contribution in [2.24, 2.45) is 0 Å².